The second kappa shape index (κ2) is 7.18. The van der Waals surface area contributed by atoms with Crippen LogP contribution in [0.4, 0.5) is 0 Å². The summed E-state index contributed by atoms with van der Waals surface area (Å²) in [5, 5.41) is 8.08. The molecule has 3 heterocycles. The van der Waals surface area contributed by atoms with Gasteiger partial charge in [0.2, 0.25) is 5.82 Å². The molecule has 9 heteroatoms. The standard InChI is InChI=1S/C19H18N6O3/c1-11-6-4-5-7-14(11)18-23-16(28-24-18)9-27-17(26)8-15-12(2)22-19-20-10-21-25(19)13(15)3/h4-7,10H,8-9H2,1-3H3. The van der Waals surface area contributed by atoms with E-state index < -0.39 is 5.97 Å². The van der Waals surface area contributed by atoms with Gasteiger partial charge in [-0.2, -0.15) is 15.1 Å². The van der Waals surface area contributed by atoms with E-state index in [-0.39, 0.29) is 18.9 Å². The average molecular weight is 378 g/mol. The number of hydrogen-bond donors (Lipinski definition) is 0. The van der Waals surface area contributed by atoms with Gasteiger partial charge in [0.25, 0.3) is 11.7 Å². The quantitative estimate of drug-likeness (QED) is 0.487. The Hall–Kier alpha value is -3.62. The maximum Gasteiger partial charge on any atom is 0.310 e. The molecule has 0 amide bonds. The van der Waals surface area contributed by atoms with E-state index in [9.17, 15) is 4.79 Å². The van der Waals surface area contributed by atoms with E-state index in [1.165, 1.54) is 6.33 Å². The Kier molecular flexibility index (Phi) is 4.56. The van der Waals surface area contributed by atoms with Gasteiger partial charge >= 0.3 is 5.97 Å². The Balaban J connectivity index is 1.44. The van der Waals surface area contributed by atoms with E-state index >= 15 is 0 Å². The predicted molar refractivity (Wildman–Crippen MR) is 98.2 cm³/mol. The summed E-state index contributed by atoms with van der Waals surface area (Å²) in [6, 6.07) is 7.73. The van der Waals surface area contributed by atoms with Crippen LogP contribution in [0, 0.1) is 20.8 Å². The van der Waals surface area contributed by atoms with Crippen LogP contribution in [0.3, 0.4) is 0 Å². The molecule has 0 atom stereocenters. The zero-order chi connectivity index (χ0) is 19.7. The number of carbonyl (C=O) groups excluding carboxylic acids is 1. The van der Waals surface area contributed by atoms with Crippen LogP contribution in [-0.2, 0) is 22.6 Å². The second-order valence-corrected chi connectivity index (χ2v) is 6.40. The zero-order valence-corrected chi connectivity index (χ0v) is 15.7. The Morgan fingerprint density at radius 3 is 2.82 bits per heavy atom. The molecular weight excluding hydrogens is 360 g/mol. The van der Waals surface area contributed by atoms with Crippen molar-refractivity contribution in [1.82, 2.24) is 29.7 Å². The molecule has 0 aliphatic rings. The lowest BCUT2D eigenvalue weighted by molar-refractivity contribution is -0.144. The number of aromatic nitrogens is 6. The average Bonchev–Trinajstić information content (AvgIpc) is 3.33. The topological polar surface area (TPSA) is 108 Å². The first-order valence-electron chi connectivity index (χ1n) is 8.73. The van der Waals surface area contributed by atoms with E-state index in [1.54, 1.807) is 4.52 Å². The number of hydrogen-bond acceptors (Lipinski definition) is 8. The molecule has 1 aromatic carbocycles. The van der Waals surface area contributed by atoms with Crippen LogP contribution in [0.25, 0.3) is 17.2 Å². The van der Waals surface area contributed by atoms with Gasteiger partial charge in [-0.1, -0.05) is 29.4 Å². The highest BCUT2D eigenvalue weighted by Gasteiger charge is 2.17. The molecule has 142 valence electrons. The SMILES string of the molecule is Cc1ccccc1-c1noc(COC(=O)Cc2c(C)nc3ncnn3c2C)n1. The maximum atomic E-state index is 12.3. The van der Waals surface area contributed by atoms with Gasteiger partial charge in [-0.25, -0.2) is 9.50 Å². The van der Waals surface area contributed by atoms with Gasteiger partial charge in [-0.05, 0) is 26.3 Å². The molecule has 28 heavy (non-hydrogen) atoms. The fourth-order valence-electron chi connectivity index (χ4n) is 3.00. The first-order chi connectivity index (χ1) is 13.5. The van der Waals surface area contributed by atoms with Crippen molar-refractivity contribution in [3.8, 4) is 11.4 Å². The van der Waals surface area contributed by atoms with E-state index in [2.05, 4.69) is 25.2 Å². The fourth-order valence-corrected chi connectivity index (χ4v) is 3.00. The number of ether oxygens (including phenoxy) is 1. The molecule has 0 aliphatic heterocycles. The molecule has 4 rings (SSSR count). The number of esters is 1. The summed E-state index contributed by atoms with van der Waals surface area (Å²) in [6.07, 6.45) is 1.50. The van der Waals surface area contributed by atoms with Crippen LogP contribution in [0.15, 0.2) is 35.1 Å². The third-order valence-electron chi connectivity index (χ3n) is 4.52. The Labute approximate surface area is 160 Å². The van der Waals surface area contributed by atoms with Crippen molar-refractivity contribution in [1.29, 1.82) is 0 Å². The number of rotatable bonds is 5. The molecule has 4 aromatic rings. The number of aryl methyl sites for hydroxylation is 3. The Morgan fingerprint density at radius 2 is 2.00 bits per heavy atom. The summed E-state index contributed by atoms with van der Waals surface area (Å²) in [7, 11) is 0. The lowest BCUT2D eigenvalue weighted by atomic mass is 10.1. The smallest absolute Gasteiger partial charge is 0.310 e. The van der Waals surface area contributed by atoms with Gasteiger partial charge < -0.3 is 9.26 Å². The van der Waals surface area contributed by atoms with Crippen molar-refractivity contribution >= 4 is 11.7 Å². The second-order valence-electron chi connectivity index (χ2n) is 6.40. The highest BCUT2D eigenvalue weighted by Crippen LogP contribution is 2.20. The molecule has 0 saturated heterocycles. The molecular formula is C19H18N6O3. The van der Waals surface area contributed by atoms with E-state index in [1.807, 2.05) is 45.0 Å². The minimum absolute atomic E-state index is 0.0687. The van der Waals surface area contributed by atoms with Gasteiger partial charge in [0.15, 0.2) is 6.61 Å². The monoisotopic (exact) mass is 378 g/mol. The van der Waals surface area contributed by atoms with Gasteiger partial charge in [-0.15, -0.1) is 0 Å². The molecule has 0 aliphatic carbocycles. The third kappa shape index (κ3) is 3.34. The van der Waals surface area contributed by atoms with Crippen molar-refractivity contribution < 1.29 is 14.1 Å². The molecule has 0 N–H and O–H groups in total. The number of carbonyl (C=O) groups is 1. The zero-order valence-electron chi connectivity index (χ0n) is 15.7. The lowest BCUT2D eigenvalue weighted by Gasteiger charge is -2.09. The van der Waals surface area contributed by atoms with Crippen molar-refractivity contribution in [2.75, 3.05) is 0 Å². The largest absolute Gasteiger partial charge is 0.455 e. The molecule has 0 spiro atoms. The van der Waals surface area contributed by atoms with Crippen molar-refractivity contribution in [3.05, 3.63) is 59.0 Å². The maximum absolute atomic E-state index is 12.3. The molecule has 0 fully saturated rings. The minimum atomic E-state index is -0.414. The minimum Gasteiger partial charge on any atom is -0.455 e. The summed E-state index contributed by atoms with van der Waals surface area (Å²) < 4.78 is 12.1. The third-order valence-corrected chi connectivity index (χ3v) is 4.52. The van der Waals surface area contributed by atoms with Gasteiger partial charge in [0.05, 0.1) is 6.42 Å². The predicted octanol–water partition coefficient (Wildman–Crippen LogP) is 2.39. The molecule has 0 radical (unpaired) electrons. The fraction of sp³-hybridized carbons (Fsp3) is 0.263. The highest BCUT2D eigenvalue weighted by molar-refractivity contribution is 5.73. The van der Waals surface area contributed by atoms with E-state index in [0.717, 1.165) is 28.1 Å². The molecule has 3 aromatic heterocycles. The Bertz CT molecular complexity index is 1160. The molecule has 0 unspecified atom stereocenters. The number of fused-ring (bicyclic) bond motifs is 1. The molecule has 0 saturated carbocycles. The molecule has 9 nitrogen and oxygen atoms in total. The first-order valence-corrected chi connectivity index (χ1v) is 8.73. The van der Waals surface area contributed by atoms with Crippen LogP contribution in [0.2, 0.25) is 0 Å². The number of nitrogens with zero attached hydrogens (tertiary/aromatic N) is 6. The first kappa shape index (κ1) is 17.8. The van der Waals surface area contributed by atoms with Crippen LogP contribution < -0.4 is 0 Å². The summed E-state index contributed by atoms with van der Waals surface area (Å²) in [5.41, 5.74) is 4.19. The van der Waals surface area contributed by atoms with Crippen LogP contribution in [-0.4, -0.2) is 35.7 Å². The summed E-state index contributed by atoms with van der Waals surface area (Å²) >= 11 is 0. The lowest BCUT2D eigenvalue weighted by Crippen LogP contribution is -2.13. The van der Waals surface area contributed by atoms with Gasteiger partial charge in [0, 0.05) is 22.5 Å². The summed E-state index contributed by atoms with van der Waals surface area (Å²) in [6.45, 7) is 5.58. The number of benzene rings is 1. The highest BCUT2D eigenvalue weighted by atomic mass is 16.6. The van der Waals surface area contributed by atoms with E-state index in [0.29, 0.717) is 11.6 Å². The normalized spacial score (nSPS) is 11.1. The molecule has 0 bridgehead atoms. The van der Waals surface area contributed by atoms with Crippen LogP contribution in [0.5, 0.6) is 0 Å². The van der Waals surface area contributed by atoms with Crippen molar-refractivity contribution in [2.45, 2.75) is 33.8 Å². The van der Waals surface area contributed by atoms with Crippen molar-refractivity contribution in [2.24, 2.45) is 0 Å². The summed E-state index contributed by atoms with van der Waals surface area (Å²) in [5.74, 6) is 0.798. The van der Waals surface area contributed by atoms with Gasteiger partial charge in [0.1, 0.15) is 6.33 Å². The van der Waals surface area contributed by atoms with Crippen LogP contribution >= 0.6 is 0 Å². The van der Waals surface area contributed by atoms with Crippen LogP contribution in [0.1, 0.15) is 28.4 Å². The van der Waals surface area contributed by atoms with Gasteiger partial charge in [-0.3, -0.25) is 4.79 Å². The van der Waals surface area contributed by atoms with Crippen molar-refractivity contribution in [3.63, 3.8) is 0 Å². The Morgan fingerprint density at radius 1 is 1.18 bits per heavy atom. The summed E-state index contributed by atoms with van der Waals surface area (Å²) in [4.78, 5) is 25.0. The van der Waals surface area contributed by atoms with E-state index in [4.69, 9.17) is 9.26 Å².